The molecule has 190 valence electrons. The van der Waals surface area contributed by atoms with Crippen LogP contribution in [0.3, 0.4) is 0 Å². The Balaban J connectivity index is 1.94. The largest absolute Gasteiger partial charge is 0.468 e. The average Bonchev–Trinajstić information content (AvgIpc) is 3.12. The van der Waals surface area contributed by atoms with Crippen molar-refractivity contribution in [3.05, 3.63) is 24.0 Å². The van der Waals surface area contributed by atoms with Gasteiger partial charge in [-0.15, -0.1) is 0 Å². The molecule has 11 heteroatoms. The molecule has 0 N–H and O–H groups in total. The lowest BCUT2D eigenvalue weighted by Crippen LogP contribution is -2.42. The van der Waals surface area contributed by atoms with Crippen molar-refractivity contribution in [1.82, 2.24) is 13.9 Å². The molecule has 1 aliphatic rings. The third-order valence-corrected chi connectivity index (χ3v) is 8.18. The van der Waals surface area contributed by atoms with Crippen molar-refractivity contribution in [2.75, 3.05) is 32.1 Å². The number of halogens is 2. The van der Waals surface area contributed by atoms with E-state index < -0.39 is 28.6 Å². The van der Waals surface area contributed by atoms with Crippen molar-refractivity contribution in [2.45, 2.75) is 64.3 Å². The Morgan fingerprint density at radius 2 is 1.85 bits per heavy atom. The van der Waals surface area contributed by atoms with E-state index >= 15 is 0 Å². The predicted octanol–water partition coefficient (Wildman–Crippen LogP) is 3.95. The molecule has 0 atom stereocenters. The molecule has 1 aliphatic carbocycles. The second-order valence-electron chi connectivity index (χ2n) is 10.1. The fourth-order valence-corrected chi connectivity index (χ4v) is 5.35. The minimum Gasteiger partial charge on any atom is -0.468 e. The molecule has 0 bridgehead atoms. The van der Waals surface area contributed by atoms with E-state index in [4.69, 9.17) is 4.98 Å². The summed E-state index contributed by atoms with van der Waals surface area (Å²) in [5.41, 5.74) is 1.56. The van der Waals surface area contributed by atoms with E-state index in [-0.39, 0.29) is 24.2 Å². The zero-order valence-electron chi connectivity index (χ0n) is 20.6. The number of carbonyl (C=O) groups excluding carboxylic acids is 1. The molecule has 1 heterocycles. The second-order valence-corrected chi connectivity index (χ2v) is 12.1. The summed E-state index contributed by atoms with van der Waals surface area (Å²) < 4.78 is 61.8. The third kappa shape index (κ3) is 5.51. The van der Waals surface area contributed by atoms with E-state index in [2.05, 4.69) is 9.30 Å². The van der Waals surface area contributed by atoms with Crippen LogP contribution in [0, 0.1) is 5.92 Å². The lowest BCUT2D eigenvalue weighted by molar-refractivity contribution is -0.140. The normalized spacial score (nSPS) is 17.3. The van der Waals surface area contributed by atoms with Gasteiger partial charge < -0.3 is 9.30 Å². The van der Waals surface area contributed by atoms with Gasteiger partial charge in [-0.25, -0.2) is 13.8 Å². The van der Waals surface area contributed by atoms with Crippen LogP contribution in [0.4, 0.5) is 14.5 Å². The molecular formula is C23H34F2N4O4S. The van der Waals surface area contributed by atoms with Gasteiger partial charge in [-0.3, -0.25) is 9.10 Å². The summed E-state index contributed by atoms with van der Waals surface area (Å²) in [5, 5.41) is 0. The smallest absolute Gasteiger partial charge is 0.321 e. The lowest BCUT2D eigenvalue weighted by Gasteiger charge is -2.30. The molecule has 0 spiro atoms. The summed E-state index contributed by atoms with van der Waals surface area (Å²) in [6, 6.07) is 5.20. The van der Waals surface area contributed by atoms with Crippen LogP contribution < -0.4 is 4.31 Å². The molecule has 0 saturated heterocycles. The Morgan fingerprint density at radius 1 is 1.24 bits per heavy atom. The highest BCUT2D eigenvalue weighted by atomic mass is 32.2. The molecule has 0 amide bonds. The summed E-state index contributed by atoms with van der Waals surface area (Å²) in [4.78, 5) is 16.4. The third-order valence-electron chi connectivity index (χ3n) is 6.36. The van der Waals surface area contributed by atoms with Crippen LogP contribution in [-0.2, 0) is 31.7 Å². The number of carbonyl (C=O) groups is 1. The molecule has 34 heavy (non-hydrogen) atoms. The van der Waals surface area contributed by atoms with E-state index in [9.17, 15) is 22.0 Å². The number of esters is 1. The zero-order chi connectivity index (χ0) is 25.5. The van der Waals surface area contributed by atoms with E-state index in [1.54, 1.807) is 12.1 Å². The topological polar surface area (TPSA) is 84.7 Å². The van der Waals surface area contributed by atoms with Gasteiger partial charge >= 0.3 is 16.2 Å². The highest BCUT2D eigenvalue weighted by Crippen LogP contribution is 2.38. The fraction of sp³-hybridized carbons (Fsp3) is 0.652. The standard InChI is InChI=1S/C23H34F2N4O4S/c1-22(2,3)21-26-18-13-17(28(5)34(31,32)27(4)15-20(30)33-6)7-8-19(18)29(21)14-16-9-11-23(24,25)12-10-16/h7-8,13,16H,9-12,14-15H2,1-6H3. The highest BCUT2D eigenvalue weighted by molar-refractivity contribution is 7.90. The van der Waals surface area contributed by atoms with Crippen LogP contribution in [0.1, 0.15) is 52.3 Å². The van der Waals surface area contributed by atoms with E-state index in [1.165, 1.54) is 21.2 Å². The van der Waals surface area contributed by atoms with Gasteiger partial charge in [-0.1, -0.05) is 20.8 Å². The number of anilines is 1. The maximum atomic E-state index is 13.6. The summed E-state index contributed by atoms with van der Waals surface area (Å²) >= 11 is 0. The first-order valence-electron chi connectivity index (χ1n) is 11.3. The van der Waals surface area contributed by atoms with Crippen LogP contribution in [0.25, 0.3) is 11.0 Å². The molecule has 0 unspecified atom stereocenters. The number of alkyl halides is 2. The number of likely N-dealkylation sites (N-methyl/N-ethyl adjacent to an activating group) is 1. The van der Waals surface area contributed by atoms with Crippen molar-refractivity contribution in [3.63, 3.8) is 0 Å². The minimum atomic E-state index is -3.97. The molecule has 1 saturated carbocycles. The highest BCUT2D eigenvalue weighted by Gasteiger charge is 2.36. The van der Waals surface area contributed by atoms with Gasteiger partial charge in [0.25, 0.3) is 0 Å². The van der Waals surface area contributed by atoms with E-state index in [1.807, 2.05) is 26.8 Å². The van der Waals surface area contributed by atoms with Gasteiger partial charge in [0.2, 0.25) is 5.92 Å². The number of aromatic nitrogens is 2. The maximum absolute atomic E-state index is 13.6. The zero-order valence-corrected chi connectivity index (χ0v) is 21.5. The van der Waals surface area contributed by atoms with Crippen LogP contribution in [0.15, 0.2) is 18.2 Å². The molecule has 3 rings (SSSR count). The van der Waals surface area contributed by atoms with E-state index in [0.29, 0.717) is 30.6 Å². The Kier molecular flexibility index (Phi) is 7.29. The second kappa shape index (κ2) is 9.41. The van der Waals surface area contributed by atoms with Crippen molar-refractivity contribution >= 4 is 32.9 Å². The number of hydrogen-bond donors (Lipinski definition) is 0. The molecule has 8 nitrogen and oxygen atoms in total. The molecule has 0 radical (unpaired) electrons. The first-order valence-corrected chi connectivity index (χ1v) is 12.7. The average molecular weight is 501 g/mol. The van der Waals surface area contributed by atoms with Gasteiger partial charge in [0, 0.05) is 38.9 Å². The van der Waals surface area contributed by atoms with Crippen molar-refractivity contribution < 1.29 is 26.7 Å². The maximum Gasteiger partial charge on any atom is 0.321 e. The Hall–Kier alpha value is -2.27. The molecular weight excluding hydrogens is 466 g/mol. The van der Waals surface area contributed by atoms with Crippen LogP contribution in [-0.4, -0.2) is 61.9 Å². The summed E-state index contributed by atoms with van der Waals surface area (Å²) in [7, 11) is -0.0564. The first-order chi connectivity index (χ1) is 15.7. The van der Waals surface area contributed by atoms with Crippen molar-refractivity contribution in [2.24, 2.45) is 5.92 Å². The summed E-state index contributed by atoms with van der Waals surface area (Å²) in [5.74, 6) is -2.28. The van der Waals surface area contributed by atoms with Gasteiger partial charge in [0.05, 0.1) is 23.8 Å². The number of ether oxygens (including phenoxy) is 1. The SMILES string of the molecule is COC(=O)CN(C)S(=O)(=O)N(C)c1ccc2c(c1)nc(C(C)(C)C)n2CC1CCC(F)(F)CC1. The fourth-order valence-electron chi connectivity index (χ4n) is 4.28. The van der Waals surface area contributed by atoms with Crippen molar-refractivity contribution in [3.8, 4) is 0 Å². The van der Waals surface area contributed by atoms with Crippen LogP contribution >= 0.6 is 0 Å². The monoisotopic (exact) mass is 500 g/mol. The van der Waals surface area contributed by atoms with Gasteiger partial charge in [-0.2, -0.15) is 12.7 Å². The molecule has 1 aromatic carbocycles. The molecule has 1 fully saturated rings. The Labute approximate surface area is 200 Å². The lowest BCUT2D eigenvalue weighted by atomic mass is 9.86. The number of hydrogen-bond acceptors (Lipinski definition) is 5. The summed E-state index contributed by atoms with van der Waals surface area (Å²) in [6.45, 7) is 6.31. The molecule has 2 aromatic rings. The number of methoxy groups -OCH3 is 1. The number of benzene rings is 1. The van der Waals surface area contributed by atoms with Crippen LogP contribution in [0.2, 0.25) is 0 Å². The van der Waals surface area contributed by atoms with Gasteiger partial charge in [0.15, 0.2) is 0 Å². The quantitative estimate of drug-likeness (QED) is 0.538. The summed E-state index contributed by atoms with van der Waals surface area (Å²) in [6.07, 6.45) is 0.728. The Bertz CT molecular complexity index is 1150. The van der Waals surface area contributed by atoms with Gasteiger partial charge in [0.1, 0.15) is 12.4 Å². The minimum absolute atomic E-state index is 0.0962. The number of nitrogens with zero attached hydrogens (tertiary/aromatic N) is 4. The van der Waals surface area contributed by atoms with Gasteiger partial charge in [-0.05, 0) is 37.0 Å². The molecule has 1 aromatic heterocycles. The van der Waals surface area contributed by atoms with Crippen molar-refractivity contribution in [1.29, 1.82) is 0 Å². The number of imidazole rings is 1. The predicted molar refractivity (Wildman–Crippen MR) is 127 cm³/mol. The molecule has 0 aliphatic heterocycles. The number of rotatable bonds is 7. The number of fused-ring (bicyclic) bond motifs is 1. The Morgan fingerprint density at radius 3 is 2.41 bits per heavy atom. The van der Waals surface area contributed by atoms with E-state index in [0.717, 1.165) is 20.0 Å². The first kappa shape index (κ1) is 26.3. The van der Waals surface area contributed by atoms with Crippen LogP contribution in [0.5, 0.6) is 0 Å².